The zero-order chi connectivity index (χ0) is 16.7. The maximum Gasteiger partial charge on any atom is 0.317 e. The van der Waals surface area contributed by atoms with Crippen molar-refractivity contribution in [3.05, 3.63) is 26.2 Å². The molecule has 2 aromatic rings. The second-order valence-corrected chi connectivity index (χ2v) is 6.44. The van der Waals surface area contributed by atoms with E-state index in [9.17, 15) is 10.1 Å². The molecule has 1 fully saturated rings. The van der Waals surface area contributed by atoms with Gasteiger partial charge in [-0.1, -0.05) is 23.2 Å². The number of anilines is 1. The molecule has 0 radical (unpaired) electrons. The van der Waals surface area contributed by atoms with Crippen LogP contribution < -0.4 is 10.6 Å². The number of hydrogen-bond donors (Lipinski definition) is 1. The van der Waals surface area contributed by atoms with Crippen molar-refractivity contribution < 1.29 is 4.92 Å². The van der Waals surface area contributed by atoms with Crippen LogP contribution in [0, 0.1) is 10.1 Å². The van der Waals surface area contributed by atoms with Crippen LogP contribution in [-0.2, 0) is 6.54 Å². The van der Waals surface area contributed by atoms with Crippen LogP contribution in [0.1, 0.15) is 19.8 Å². The minimum atomic E-state index is -0.532. The summed E-state index contributed by atoms with van der Waals surface area (Å²) in [6.07, 6.45) is 1.94. The SMILES string of the molecule is CCn1c(N2CCCC(N)C2)nc2c([N+](=O)[O-])c(Cl)c(Cl)cc21. The minimum Gasteiger partial charge on any atom is -0.341 e. The van der Waals surface area contributed by atoms with E-state index in [4.69, 9.17) is 28.9 Å². The number of piperidine rings is 1. The van der Waals surface area contributed by atoms with Crippen molar-refractivity contribution in [1.82, 2.24) is 9.55 Å². The van der Waals surface area contributed by atoms with Crippen LogP contribution in [0.4, 0.5) is 11.6 Å². The summed E-state index contributed by atoms with van der Waals surface area (Å²) in [6, 6.07) is 1.71. The van der Waals surface area contributed by atoms with Crippen LogP contribution >= 0.6 is 23.2 Å². The number of fused-ring (bicyclic) bond motifs is 1. The molecule has 1 saturated heterocycles. The van der Waals surface area contributed by atoms with E-state index in [1.54, 1.807) is 6.07 Å². The summed E-state index contributed by atoms with van der Waals surface area (Å²) >= 11 is 12.1. The molecule has 1 atom stereocenters. The second kappa shape index (κ2) is 6.14. The predicted molar refractivity (Wildman–Crippen MR) is 91.5 cm³/mol. The maximum absolute atomic E-state index is 11.4. The van der Waals surface area contributed by atoms with Gasteiger partial charge < -0.3 is 15.2 Å². The number of hydrogen-bond acceptors (Lipinski definition) is 5. The van der Waals surface area contributed by atoms with Gasteiger partial charge in [0, 0.05) is 25.7 Å². The number of nitro benzene ring substituents is 1. The Labute approximate surface area is 143 Å². The highest BCUT2D eigenvalue weighted by molar-refractivity contribution is 6.44. The van der Waals surface area contributed by atoms with Crippen LogP contribution in [0.2, 0.25) is 10.0 Å². The van der Waals surface area contributed by atoms with Crippen molar-refractivity contribution in [3.63, 3.8) is 0 Å². The minimum absolute atomic E-state index is 0.0770. The van der Waals surface area contributed by atoms with Gasteiger partial charge in [0.15, 0.2) is 5.52 Å². The Morgan fingerprint density at radius 1 is 1.52 bits per heavy atom. The van der Waals surface area contributed by atoms with E-state index in [2.05, 4.69) is 9.88 Å². The maximum atomic E-state index is 11.4. The Hall–Kier alpha value is -1.57. The van der Waals surface area contributed by atoms with Crippen LogP contribution in [0.25, 0.3) is 11.0 Å². The summed E-state index contributed by atoms with van der Waals surface area (Å²) in [6.45, 7) is 4.08. The van der Waals surface area contributed by atoms with E-state index < -0.39 is 4.92 Å². The molecule has 1 aromatic carbocycles. The Kier molecular flexibility index (Phi) is 4.35. The number of nitro groups is 1. The average Bonchev–Trinajstić information content (AvgIpc) is 2.85. The second-order valence-electron chi connectivity index (χ2n) is 5.65. The molecule has 0 amide bonds. The van der Waals surface area contributed by atoms with Gasteiger partial charge in [-0.15, -0.1) is 0 Å². The molecule has 0 bridgehead atoms. The fourth-order valence-corrected chi connectivity index (χ4v) is 3.49. The van der Waals surface area contributed by atoms with Crippen molar-refractivity contribution in [3.8, 4) is 0 Å². The molecule has 1 aliphatic heterocycles. The summed E-state index contributed by atoms with van der Waals surface area (Å²) in [5, 5.41) is 11.5. The van der Waals surface area contributed by atoms with E-state index in [0.717, 1.165) is 19.4 Å². The molecular formula is C14H17Cl2N5O2. The first-order chi connectivity index (χ1) is 10.9. The van der Waals surface area contributed by atoms with E-state index in [0.29, 0.717) is 24.6 Å². The molecule has 2 N–H and O–H groups in total. The lowest BCUT2D eigenvalue weighted by Crippen LogP contribution is -2.43. The Bertz CT molecular complexity index is 776. The largest absolute Gasteiger partial charge is 0.341 e. The number of halogens is 2. The number of aromatic nitrogens is 2. The van der Waals surface area contributed by atoms with Crippen molar-refractivity contribution in [2.45, 2.75) is 32.4 Å². The van der Waals surface area contributed by atoms with Gasteiger partial charge in [-0.25, -0.2) is 4.98 Å². The van der Waals surface area contributed by atoms with Gasteiger partial charge in [0.25, 0.3) is 0 Å². The summed E-state index contributed by atoms with van der Waals surface area (Å²) in [5.74, 6) is 0.680. The molecule has 9 heteroatoms. The number of aryl methyl sites for hydroxylation is 1. The zero-order valence-corrected chi connectivity index (χ0v) is 14.1. The van der Waals surface area contributed by atoms with Gasteiger partial charge in [-0.05, 0) is 25.8 Å². The fourth-order valence-electron chi connectivity index (χ4n) is 3.09. The monoisotopic (exact) mass is 357 g/mol. The average molecular weight is 358 g/mol. The van der Waals surface area contributed by atoms with Crippen LogP contribution in [-0.4, -0.2) is 33.6 Å². The van der Waals surface area contributed by atoms with E-state index >= 15 is 0 Å². The molecule has 0 spiro atoms. The molecule has 0 saturated carbocycles. The molecule has 1 unspecified atom stereocenters. The van der Waals surface area contributed by atoms with Crippen molar-refractivity contribution >= 4 is 45.9 Å². The van der Waals surface area contributed by atoms with Crippen LogP contribution in [0.5, 0.6) is 0 Å². The quantitative estimate of drug-likeness (QED) is 0.672. The lowest BCUT2D eigenvalue weighted by atomic mass is 10.1. The highest BCUT2D eigenvalue weighted by Crippen LogP contribution is 2.40. The standard InChI is InChI=1S/C14H17Cl2N5O2/c1-2-20-10-6-9(15)11(16)13(21(22)23)12(10)18-14(20)19-5-3-4-8(17)7-19/h6,8H,2-5,7,17H2,1H3. The van der Waals surface area contributed by atoms with Crippen molar-refractivity contribution in [2.75, 3.05) is 18.0 Å². The Morgan fingerprint density at radius 2 is 2.26 bits per heavy atom. The normalized spacial score (nSPS) is 18.6. The molecule has 3 rings (SSSR count). The number of nitrogens with zero attached hydrogens (tertiary/aromatic N) is 4. The highest BCUT2D eigenvalue weighted by Gasteiger charge is 2.28. The van der Waals surface area contributed by atoms with Gasteiger partial charge >= 0.3 is 5.69 Å². The topological polar surface area (TPSA) is 90.2 Å². The van der Waals surface area contributed by atoms with Crippen LogP contribution in [0.3, 0.4) is 0 Å². The first-order valence-electron chi connectivity index (χ1n) is 7.47. The van der Waals surface area contributed by atoms with E-state index in [1.807, 2.05) is 11.5 Å². The number of rotatable bonds is 3. The lowest BCUT2D eigenvalue weighted by Gasteiger charge is -2.31. The fraction of sp³-hybridized carbons (Fsp3) is 0.500. The van der Waals surface area contributed by atoms with Gasteiger partial charge in [0.05, 0.1) is 15.5 Å². The Balaban J connectivity index is 2.24. The number of benzene rings is 1. The summed E-state index contributed by atoms with van der Waals surface area (Å²) < 4.78 is 1.92. The van der Waals surface area contributed by atoms with Gasteiger partial charge in [0.2, 0.25) is 5.95 Å². The summed E-state index contributed by atoms with van der Waals surface area (Å²) in [4.78, 5) is 17.5. The summed E-state index contributed by atoms with van der Waals surface area (Å²) in [5.41, 5.74) is 6.68. The highest BCUT2D eigenvalue weighted by atomic mass is 35.5. The molecule has 23 heavy (non-hydrogen) atoms. The molecule has 1 aliphatic rings. The molecule has 124 valence electrons. The molecule has 1 aromatic heterocycles. The van der Waals surface area contributed by atoms with Gasteiger partial charge in [0.1, 0.15) is 5.02 Å². The third kappa shape index (κ3) is 2.73. The molecule has 7 nitrogen and oxygen atoms in total. The first kappa shape index (κ1) is 16.3. The molecule has 0 aliphatic carbocycles. The first-order valence-corrected chi connectivity index (χ1v) is 8.22. The molecule has 2 heterocycles. The van der Waals surface area contributed by atoms with E-state index in [-0.39, 0.29) is 27.3 Å². The zero-order valence-electron chi connectivity index (χ0n) is 12.6. The van der Waals surface area contributed by atoms with E-state index in [1.165, 1.54) is 0 Å². The smallest absolute Gasteiger partial charge is 0.317 e. The number of nitrogens with two attached hydrogens (primary N) is 1. The van der Waals surface area contributed by atoms with Gasteiger partial charge in [-0.2, -0.15) is 0 Å². The van der Waals surface area contributed by atoms with Gasteiger partial charge in [-0.3, -0.25) is 10.1 Å². The third-order valence-electron chi connectivity index (χ3n) is 4.13. The predicted octanol–water partition coefficient (Wildman–Crippen LogP) is 3.20. The van der Waals surface area contributed by atoms with Crippen molar-refractivity contribution in [2.24, 2.45) is 5.73 Å². The molecular weight excluding hydrogens is 341 g/mol. The van der Waals surface area contributed by atoms with Crippen LogP contribution in [0.15, 0.2) is 6.07 Å². The number of imidazole rings is 1. The Morgan fingerprint density at radius 3 is 2.87 bits per heavy atom. The van der Waals surface area contributed by atoms with Crippen molar-refractivity contribution in [1.29, 1.82) is 0 Å². The lowest BCUT2D eigenvalue weighted by molar-refractivity contribution is -0.383. The third-order valence-corrected chi connectivity index (χ3v) is 4.91. The summed E-state index contributed by atoms with van der Waals surface area (Å²) in [7, 11) is 0.